The van der Waals surface area contributed by atoms with Crippen LogP contribution in [0.3, 0.4) is 0 Å². The van der Waals surface area contributed by atoms with Crippen molar-refractivity contribution in [2.75, 3.05) is 6.61 Å². The van der Waals surface area contributed by atoms with E-state index in [4.69, 9.17) is 14.2 Å². The van der Waals surface area contributed by atoms with Crippen LogP contribution in [0.1, 0.15) is 24.2 Å². The Hall–Kier alpha value is -1.03. The van der Waals surface area contributed by atoms with Crippen LogP contribution >= 0.6 is 15.9 Å². The summed E-state index contributed by atoms with van der Waals surface area (Å²) in [5, 5.41) is 22.1. The van der Waals surface area contributed by atoms with Gasteiger partial charge in [-0.05, 0) is 32.0 Å². The van der Waals surface area contributed by atoms with Gasteiger partial charge in [-0.3, -0.25) is 4.79 Å². The molecule has 1 aromatic carbocycles. The van der Waals surface area contributed by atoms with Crippen LogP contribution in [-0.2, 0) is 14.2 Å². The molecule has 2 saturated heterocycles. The second kappa shape index (κ2) is 6.70. The summed E-state index contributed by atoms with van der Waals surface area (Å²) in [6.07, 6.45) is -3.25. The van der Waals surface area contributed by atoms with Crippen molar-refractivity contribution < 1.29 is 29.2 Å². The Balaban J connectivity index is 1.80. The van der Waals surface area contributed by atoms with Crippen molar-refractivity contribution >= 4 is 21.8 Å². The highest BCUT2D eigenvalue weighted by Crippen LogP contribution is 2.38. The number of hydrogen-bond donors (Lipinski definition) is 3. The van der Waals surface area contributed by atoms with Crippen LogP contribution in [0.15, 0.2) is 28.7 Å². The molecule has 2 aliphatic rings. The van der Waals surface area contributed by atoms with Crippen molar-refractivity contribution in [3.63, 3.8) is 0 Å². The van der Waals surface area contributed by atoms with Crippen LogP contribution in [0.4, 0.5) is 0 Å². The van der Waals surface area contributed by atoms with Gasteiger partial charge in [0.15, 0.2) is 12.1 Å². The van der Waals surface area contributed by atoms with Gasteiger partial charge in [-0.1, -0.05) is 22.0 Å². The molecular formula is C16H20BrNO6. The standard InChI is InChI=1S/C16H20BrNO6/c1-16(2)23-13-11(12(10(20)7-19)22-15(13)24-16)18-14(21)8-4-3-5-9(17)6-8/h3-6,10-13,15,19-20H,7H2,1-2H3,(H,18,21)/t10-,11+,12-,13-,15-/m1/s1. The highest BCUT2D eigenvalue weighted by atomic mass is 79.9. The minimum Gasteiger partial charge on any atom is -0.394 e. The third-order valence-corrected chi connectivity index (χ3v) is 4.53. The Bertz CT molecular complexity index is 624. The predicted octanol–water partition coefficient (Wildman–Crippen LogP) is 0.777. The molecule has 0 spiro atoms. The van der Waals surface area contributed by atoms with Gasteiger partial charge in [0.1, 0.15) is 18.3 Å². The smallest absolute Gasteiger partial charge is 0.251 e. The normalized spacial score (nSPS) is 32.4. The number of benzene rings is 1. The third-order valence-electron chi connectivity index (χ3n) is 4.04. The maximum Gasteiger partial charge on any atom is 0.251 e. The molecule has 3 N–H and O–H groups in total. The van der Waals surface area contributed by atoms with Gasteiger partial charge in [-0.15, -0.1) is 0 Å². The quantitative estimate of drug-likeness (QED) is 0.689. The molecule has 7 nitrogen and oxygen atoms in total. The van der Waals surface area contributed by atoms with E-state index in [0.29, 0.717) is 5.56 Å². The van der Waals surface area contributed by atoms with Crippen molar-refractivity contribution in [3.8, 4) is 0 Å². The molecule has 0 aromatic heterocycles. The van der Waals surface area contributed by atoms with E-state index < -0.39 is 43.0 Å². The van der Waals surface area contributed by atoms with E-state index in [0.717, 1.165) is 4.47 Å². The Kier molecular flexibility index (Phi) is 4.96. The van der Waals surface area contributed by atoms with Crippen LogP contribution in [0, 0.1) is 0 Å². The molecule has 132 valence electrons. The van der Waals surface area contributed by atoms with Gasteiger partial charge in [-0.25, -0.2) is 0 Å². The zero-order valence-electron chi connectivity index (χ0n) is 13.3. The summed E-state index contributed by atoms with van der Waals surface area (Å²) >= 11 is 3.33. The first-order valence-corrected chi connectivity index (χ1v) is 8.46. The van der Waals surface area contributed by atoms with E-state index in [1.807, 2.05) is 6.07 Å². The zero-order valence-corrected chi connectivity index (χ0v) is 14.9. The number of aliphatic hydroxyl groups is 2. The largest absolute Gasteiger partial charge is 0.394 e. The topological polar surface area (TPSA) is 97.3 Å². The molecular weight excluding hydrogens is 382 g/mol. The zero-order chi connectivity index (χ0) is 17.5. The number of halogens is 1. The number of carbonyl (C=O) groups is 1. The third kappa shape index (κ3) is 3.49. The summed E-state index contributed by atoms with van der Waals surface area (Å²) in [5.41, 5.74) is 0.461. The van der Waals surface area contributed by atoms with Gasteiger partial charge < -0.3 is 29.7 Å². The van der Waals surface area contributed by atoms with Crippen LogP contribution in [0.5, 0.6) is 0 Å². The van der Waals surface area contributed by atoms with Crippen LogP contribution in [0.25, 0.3) is 0 Å². The summed E-state index contributed by atoms with van der Waals surface area (Å²) in [4.78, 5) is 12.5. The molecule has 0 bridgehead atoms. The molecule has 2 aliphatic heterocycles. The van der Waals surface area contributed by atoms with E-state index in [9.17, 15) is 15.0 Å². The lowest BCUT2D eigenvalue weighted by molar-refractivity contribution is -0.218. The Morgan fingerprint density at radius 3 is 2.83 bits per heavy atom. The number of amides is 1. The van der Waals surface area contributed by atoms with Crippen LogP contribution in [0.2, 0.25) is 0 Å². The Morgan fingerprint density at radius 2 is 2.17 bits per heavy atom. The Morgan fingerprint density at radius 1 is 1.42 bits per heavy atom. The first-order valence-electron chi connectivity index (χ1n) is 7.67. The van der Waals surface area contributed by atoms with Crippen LogP contribution < -0.4 is 5.32 Å². The average molecular weight is 402 g/mol. The average Bonchev–Trinajstić information content (AvgIpc) is 2.99. The lowest BCUT2D eigenvalue weighted by Crippen LogP contribution is -2.52. The first kappa shape index (κ1) is 17.8. The van der Waals surface area contributed by atoms with E-state index in [1.165, 1.54) is 0 Å². The molecule has 24 heavy (non-hydrogen) atoms. The predicted molar refractivity (Wildman–Crippen MR) is 87.2 cm³/mol. The number of nitrogens with one attached hydrogen (secondary N) is 1. The molecule has 8 heteroatoms. The van der Waals surface area contributed by atoms with Crippen molar-refractivity contribution in [2.45, 2.75) is 50.3 Å². The second-order valence-electron chi connectivity index (χ2n) is 6.33. The highest BCUT2D eigenvalue weighted by molar-refractivity contribution is 9.10. The molecule has 2 fully saturated rings. The minimum atomic E-state index is -1.15. The Labute approximate surface area is 148 Å². The van der Waals surface area contributed by atoms with E-state index >= 15 is 0 Å². The van der Waals surface area contributed by atoms with E-state index in [-0.39, 0.29) is 5.91 Å². The maximum atomic E-state index is 12.5. The number of fused-ring (bicyclic) bond motifs is 1. The van der Waals surface area contributed by atoms with Crippen LogP contribution in [-0.4, -0.2) is 59.2 Å². The fraction of sp³-hybridized carbons (Fsp3) is 0.562. The summed E-state index contributed by atoms with van der Waals surface area (Å²) in [6.45, 7) is 3.01. The molecule has 1 aromatic rings. The van der Waals surface area contributed by atoms with Gasteiger partial charge in [0, 0.05) is 10.0 Å². The fourth-order valence-electron chi connectivity index (χ4n) is 2.99. The summed E-state index contributed by atoms with van der Waals surface area (Å²) < 4.78 is 17.9. The SMILES string of the molecule is CC1(C)O[C@H]2O[C@H]([C@H](O)CO)[C@H](NC(=O)c3cccc(Br)c3)[C@H]2O1. The van der Waals surface area contributed by atoms with Gasteiger partial charge in [0.05, 0.1) is 12.6 Å². The van der Waals surface area contributed by atoms with Gasteiger partial charge in [0.25, 0.3) is 5.91 Å². The second-order valence-corrected chi connectivity index (χ2v) is 7.24. The fourth-order valence-corrected chi connectivity index (χ4v) is 3.39. The molecule has 0 saturated carbocycles. The number of hydrogen-bond acceptors (Lipinski definition) is 6. The van der Waals surface area contributed by atoms with Crippen molar-refractivity contribution in [2.24, 2.45) is 0 Å². The maximum absolute atomic E-state index is 12.5. The molecule has 2 heterocycles. The number of rotatable bonds is 4. The van der Waals surface area contributed by atoms with Gasteiger partial charge in [-0.2, -0.15) is 0 Å². The highest BCUT2D eigenvalue weighted by Gasteiger charge is 2.56. The lowest BCUT2D eigenvalue weighted by Gasteiger charge is -2.28. The number of carbonyl (C=O) groups excluding carboxylic acids is 1. The number of ether oxygens (including phenoxy) is 3. The molecule has 0 unspecified atom stereocenters. The van der Waals surface area contributed by atoms with E-state index in [1.54, 1.807) is 32.0 Å². The van der Waals surface area contributed by atoms with Crippen molar-refractivity contribution in [1.29, 1.82) is 0 Å². The van der Waals surface area contributed by atoms with Gasteiger partial charge in [0.2, 0.25) is 0 Å². The minimum absolute atomic E-state index is 0.325. The molecule has 5 atom stereocenters. The van der Waals surface area contributed by atoms with Gasteiger partial charge >= 0.3 is 0 Å². The summed E-state index contributed by atoms with van der Waals surface area (Å²) in [5.74, 6) is -1.17. The summed E-state index contributed by atoms with van der Waals surface area (Å²) in [6, 6.07) is 6.30. The van der Waals surface area contributed by atoms with Crippen molar-refractivity contribution in [1.82, 2.24) is 5.32 Å². The number of aliphatic hydroxyl groups excluding tert-OH is 2. The summed E-state index contributed by atoms with van der Waals surface area (Å²) in [7, 11) is 0. The van der Waals surface area contributed by atoms with E-state index in [2.05, 4.69) is 21.2 Å². The lowest BCUT2D eigenvalue weighted by atomic mass is 10.0. The monoisotopic (exact) mass is 401 g/mol. The molecule has 0 aliphatic carbocycles. The molecule has 3 rings (SSSR count). The molecule has 0 radical (unpaired) electrons. The molecule has 1 amide bonds. The first-order chi connectivity index (χ1) is 11.3. The van der Waals surface area contributed by atoms with Crippen molar-refractivity contribution in [3.05, 3.63) is 34.3 Å².